The van der Waals surface area contributed by atoms with E-state index in [0.717, 1.165) is 34.5 Å². The number of esters is 1. The summed E-state index contributed by atoms with van der Waals surface area (Å²) in [4.78, 5) is 37.0. The van der Waals surface area contributed by atoms with Crippen LogP contribution in [-0.4, -0.2) is 34.1 Å². The average Bonchev–Trinajstić information content (AvgIpc) is 3.10. The second kappa shape index (κ2) is 8.86. The molecule has 0 N–H and O–H groups in total. The molecule has 0 radical (unpaired) electrons. The lowest BCUT2D eigenvalue weighted by Gasteiger charge is -2.19. The van der Waals surface area contributed by atoms with E-state index in [2.05, 4.69) is 11.9 Å². The van der Waals surface area contributed by atoms with Crippen LogP contribution in [0.5, 0.6) is 0 Å². The van der Waals surface area contributed by atoms with Gasteiger partial charge in [-0.1, -0.05) is 49.0 Å². The molecule has 30 heavy (non-hydrogen) atoms. The minimum atomic E-state index is -0.601. The molecule has 2 aromatic heterocycles. The molecule has 2 unspecified atom stereocenters. The second-order valence-electron chi connectivity index (χ2n) is 7.72. The molecule has 1 aliphatic carbocycles. The predicted octanol–water partition coefficient (Wildman–Crippen LogP) is 5.03. The number of ether oxygens (including phenoxy) is 1. The second-order valence-corrected chi connectivity index (χ2v) is 10.00. The van der Waals surface area contributed by atoms with E-state index in [1.54, 1.807) is 23.5 Å². The van der Waals surface area contributed by atoms with Crippen LogP contribution in [0.4, 0.5) is 0 Å². The van der Waals surface area contributed by atoms with E-state index < -0.39 is 11.2 Å². The van der Waals surface area contributed by atoms with Crippen LogP contribution in [0.2, 0.25) is 0 Å². The summed E-state index contributed by atoms with van der Waals surface area (Å²) in [6, 6.07) is 9.09. The molecule has 7 heteroatoms. The zero-order valence-electron chi connectivity index (χ0n) is 17.3. The first-order valence-electron chi connectivity index (χ1n) is 10.1. The highest BCUT2D eigenvalue weighted by molar-refractivity contribution is 8.00. The molecular formula is C23H24N2O3S2. The van der Waals surface area contributed by atoms with E-state index in [4.69, 9.17) is 9.72 Å². The normalized spacial score (nSPS) is 16.8. The Morgan fingerprint density at radius 2 is 2.03 bits per heavy atom. The fraction of sp³-hybridized carbons (Fsp3) is 0.391. The highest BCUT2D eigenvalue weighted by Gasteiger charge is 2.29. The molecular weight excluding hydrogens is 416 g/mol. The molecule has 0 bridgehead atoms. The SMILES string of the molecule is COC(=O)CC(Sc1nc(C)nc2sc3c(c12)CCC(C)C3)C(=O)c1ccccc1. The fourth-order valence-corrected chi connectivity index (χ4v) is 6.59. The summed E-state index contributed by atoms with van der Waals surface area (Å²) in [5, 5.41) is 1.26. The average molecular weight is 441 g/mol. The molecule has 0 fully saturated rings. The molecule has 0 aliphatic heterocycles. The van der Waals surface area contributed by atoms with Gasteiger partial charge in [-0.25, -0.2) is 9.97 Å². The van der Waals surface area contributed by atoms with Crippen molar-refractivity contribution in [3.05, 3.63) is 52.2 Å². The maximum absolute atomic E-state index is 13.2. The summed E-state index contributed by atoms with van der Waals surface area (Å²) in [5.41, 5.74) is 1.90. The number of hydrogen-bond donors (Lipinski definition) is 0. The molecule has 3 aromatic rings. The van der Waals surface area contributed by atoms with E-state index >= 15 is 0 Å². The van der Waals surface area contributed by atoms with Crippen molar-refractivity contribution in [3.63, 3.8) is 0 Å². The van der Waals surface area contributed by atoms with Gasteiger partial charge in [-0.15, -0.1) is 11.3 Å². The number of thiophene rings is 1. The molecule has 156 valence electrons. The van der Waals surface area contributed by atoms with Gasteiger partial charge in [0.25, 0.3) is 0 Å². The largest absolute Gasteiger partial charge is 0.469 e. The van der Waals surface area contributed by atoms with E-state index in [-0.39, 0.29) is 12.2 Å². The van der Waals surface area contributed by atoms with Gasteiger partial charge in [0.05, 0.1) is 18.8 Å². The molecule has 2 heterocycles. The summed E-state index contributed by atoms with van der Waals surface area (Å²) < 4.78 is 4.87. The molecule has 4 rings (SSSR count). The maximum atomic E-state index is 13.2. The number of aromatic nitrogens is 2. The number of thioether (sulfide) groups is 1. The van der Waals surface area contributed by atoms with E-state index in [0.29, 0.717) is 17.3 Å². The number of rotatable bonds is 6. The Morgan fingerprint density at radius 1 is 1.27 bits per heavy atom. The van der Waals surface area contributed by atoms with Gasteiger partial charge in [0, 0.05) is 15.8 Å². The van der Waals surface area contributed by atoms with E-state index in [9.17, 15) is 9.59 Å². The molecule has 0 saturated heterocycles. The fourth-order valence-electron chi connectivity index (χ4n) is 3.84. The third kappa shape index (κ3) is 4.27. The molecule has 1 aliphatic rings. The Hall–Kier alpha value is -2.25. The monoisotopic (exact) mass is 440 g/mol. The number of Topliss-reactive ketones (excluding diaryl/α,β-unsaturated/α-hetero) is 1. The topological polar surface area (TPSA) is 69.2 Å². The third-order valence-corrected chi connectivity index (χ3v) is 7.75. The van der Waals surface area contributed by atoms with E-state index in [1.165, 1.54) is 29.3 Å². The maximum Gasteiger partial charge on any atom is 0.307 e. The van der Waals surface area contributed by atoms with Crippen LogP contribution >= 0.6 is 23.1 Å². The number of ketones is 1. The number of nitrogens with zero attached hydrogens (tertiary/aromatic N) is 2. The van der Waals surface area contributed by atoms with Crippen LogP contribution in [0, 0.1) is 12.8 Å². The Morgan fingerprint density at radius 3 is 2.77 bits per heavy atom. The molecule has 0 spiro atoms. The van der Waals surface area contributed by atoms with Crippen molar-refractivity contribution >= 4 is 45.1 Å². The Bertz CT molecular complexity index is 1090. The third-order valence-electron chi connectivity index (χ3n) is 5.42. The van der Waals surface area contributed by atoms with Gasteiger partial charge in [0.2, 0.25) is 0 Å². The van der Waals surface area contributed by atoms with Crippen LogP contribution in [0.3, 0.4) is 0 Å². The zero-order valence-corrected chi connectivity index (χ0v) is 18.9. The number of methoxy groups -OCH3 is 1. The number of aryl methyl sites for hydroxylation is 2. The zero-order chi connectivity index (χ0) is 21.3. The first kappa shape index (κ1) is 21.0. The molecule has 0 amide bonds. The van der Waals surface area contributed by atoms with Crippen LogP contribution in [0.15, 0.2) is 35.4 Å². The Labute approximate surface area is 184 Å². The summed E-state index contributed by atoms with van der Waals surface area (Å²) in [6.45, 7) is 4.16. The lowest BCUT2D eigenvalue weighted by atomic mass is 9.89. The van der Waals surface area contributed by atoms with Gasteiger partial charge in [-0.2, -0.15) is 0 Å². The van der Waals surface area contributed by atoms with Crippen molar-refractivity contribution in [2.75, 3.05) is 7.11 Å². The minimum Gasteiger partial charge on any atom is -0.469 e. The Kier molecular flexibility index (Phi) is 6.20. The molecule has 2 atom stereocenters. The summed E-state index contributed by atoms with van der Waals surface area (Å²) >= 11 is 3.10. The van der Waals surface area contributed by atoms with Crippen molar-refractivity contribution in [3.8, 4) is 0 Å². The summed E-state index contributed by atoms with van der Waals surface area (Å²) in [7, 11) is 1.35. The van der Waals surface area contributed by atoms with Crippen molar-refractivity contribution in [2.24, 2.45) is 5.92 Å². The first-order valence-corrected chi connectivity index (χ1v) is 11.8. The van der Waals surface area contributed by atoms with Gasteiger partial charge in [-0.05, 0) is 37.7 Å². The standard InChI is InChI=1S/C23H24N2O3S2/c1-13-9-10-16-17(11-13)29-22-20(16)23(25-14(2)24-22)30-18(12-19(26)28-3)21(27)15-7-5-4-6-8-15/h4-8,13,18H,9-12H2,1-3H3. The van der Waals surface area contributed by atoms with Crippen LogP contribution in [0.1, 0.15) is 46.4 Å². The van der Waals surface area contributed by atoms with Gasteiger partial charge in [-0.3, -0.25) is 9.59 Å². The van der Waals surface area contributed by atoms with E-state index in [1.807, 2.05) is 25.1 Å². The predicted molar refractivity (Wildman–Crippen MR) is 120 cm³/mol. The molecule has 5 nitrogen and oxygen atoms in total. The van der Waals surface area contributed by atoms with Crippen molar-refractivity contribution in [1.29, 1.82) is 0 Å². The van der Waals surface area contributed by atoms with Crippen molar-refractivity contribution in [1.82, 2.24) is 9.97 Å². The minimum absolute atomic E-state index is 0.00278. The first-order chi connectivity index (χ1) is 14.5. The Balaban J connectivity index is 1.75. The van der Waals surface area contributed by atoms with Crippen molar-refractivity contribution < 1.29 is 14.3 Å². The van der Waals surface area contributed by atoms with Crippen LogP contribution in [-0.2, 0) is 22.4 Å². The van der Waals surface area contributed by atoms with Gasteiger partial charge < -0.3 is 4.74 Å². The highest BCUT2D eigenvalue weighted by atomic mass is 32.2. The highest BCUT2D eigenvalue weighted by Crippen LogP contribution is 2.42. The number of hydrogen-bond acceptors (Lipinski definition) is 7. The van der Waals surface area contributed by atoms with Gasteiger partial charge in [0.1, 0.15) is 15.7 Å². The lowest BCUT2D eigenvalue weighted by Crippen LogP contribution is -2.22. The number of fused-ring (bicyclic) bond motifs is 3. The van der Waals surface area contributed by atoms with Crippen LogP contribution < -0.4 is 0 Å². The lowest BCUT2D eigenvalue weighted by molar-refractivity contribution is -0.140. The van der Waals surface area contributed by atoms with Gasteiger partial charge >= 0.3 is 5.97 Å². The number of carbonyl (C=O) groups is 2. The molecule has 1 aromatic carbocycles. The van der Waals surface area contributed by atoms with Gasteiger partial charge in [0.15, 0.2) is 5.78 Å². The number of benzene rings is 1. The summed E-state index contributed by atoms with van der Waals surface area (Å²) in [6.07, 6.45) is 3.22. The van der Waals surface area contributed by atoms with Crippen molar-refractivity contribution in [2.45, 2.75) is 49.8 Å². The number of carbonyl (C=O) groups excluding carboxylic acids is 2. The quantitative estimate of drug-likeness (QED) is 0.232. The molecule has 0 saturated carbocycles. The summed E-state index contributed by atoms with van der Waals surface area (Å²) in [5.74, 6) is 0.858. The van der Waals surface area contributed by atoms with Crippen LogP contribution in [0.25, 0.3) is 10.2 Å². The smallest absolute Gasteiger partial charge is 0.307 e.